The molecule has 7 heteroatoms. The van der Waals surface area contributed by atoms with Gasteiger partial charge >= 0.3 is 0 Å². The zero-order chi connectivity index (χ0) is 22.8. The van der Waals surface area contributed by atoms with Crippen LogP contribution in [0.25, 0.3) is 11.3 Å². The standard InChI is InChI=1S/C26H20FN3O3/c27-18-11-9-17(10-12-18)21-15-24(31)30(16-29-21)14-13-28-26(32)25-19-5-1-3-7-22(19)33-23-8-4-2-6-20(23)25/h1-12,15-16,25H,13-14H2,(H,28,32). The number of fused-ring (bicyclic) bond motifs is 2. The summed E-state index contributed by atoms with van der Waals surface area (Å²) in [5, 5.41) is 2.94. The molecule has 4 aromatic rings. The van der Waals surface area contributed by atoms with Crippen LogP contribution in [0.5, 0.6) is 11.5 Å². The number of carbonyl (C=O) groups is 1. The van der Waals surface area contributed by atoms with Crippen LogP contribution in [-0.2, 0) is 11.3 Å². The van der Waals surface area contributed by atoms with Gasteiger partial charge in [-0.1, -0.05) is 36.4 Å². The van der Waals surface area contributed by atoms with E-state index < -0.39 is 5.92 Å². The molecule has 0 bridgehead atoms. The Balaban J connectivity index is 1.30. The number of aromatic nitrogens is 2. The second-order valence-corrected chi connectivity index (χ2v) is 7.71. The molecule has 33 heavy (non-hydrogen) atoms. The van der Waals surface area contributed by atoms with Crippen molar-refractivity contribution in [3.63, 3.8) is 0 Å². The lowest BCUT2D eigenvalue weighted by Gasteiger charge is -2.27. The topological polar surface area (TPSA) is 73.2 Å². The van der Waals surface area contributed by atoms with Gasteiger partial charge in [-0.05, 0) is 36.4 Å². The maximum absolute atomic E-state index is 13.2. The van der Waals surface area contributed by atoms with Crippen LogP contribution in [0.15, 0.2) is 90.0 Å². The fourth-order valence-corrected chi connectivity index (χ4v) is 3.97. The average Bonchev–Trinajstić information content (AvgIpc) is 2.84. The lowest BCUT2D eigenvalue weighted by atomic mass is 9.87. The summed E-state index contributed by atoms with van der Waals surface area (Å²) in [6.07, 6.45) is 1.44. The molecule has 0 aliphatic carbocycles. The molecule has 1 aliphatic heterocycles. The van der Waals surface area contributed by atoms with E-state index in [2.05, 4.69) is 10.3 Å². The Morgan fingerprint density at radius 3 is 2.24 bits per heavy atom. The van der Waals surface area contributed by atoms with E-state index in [1.54, 1.807) is 12.1 Å². The van der Waals surface area contributed by atoms with Crippen molar-refractivity contribution in [2.24, 2.45) is 0 Å². The molecule has 3 aromatic carbocycles. The molecule has 1 N–H and O–H groups in total. The summed E-state index contributed by atoms with van der Waals surface area (Å²) < 4.78 is 20.5. The molecule has 0 fully saturated rings. The van der Waals surface area contributed by atoms with Gasteiger partial charge in [0.25, 0.3) is 5.56 Å². The molecule has 0 saturated carbocycles. The van der Waals surface area contributed by atoms with Gasteiger partial charge in [-0.25, -0.2) is 9.37 Å². The Bertz CT molecular complexity index is 1340. The van der Waals surface area contributed by atoms with Crippen molar-refractivity contribution in [3.05, 3.63) is 112 Å². The second kappa shape index (κ2) is 8.70. The van der Waals surface area contributed by atoms with Crippen molar-refractivity contribution in [2.45, 2.75) is 12.5 Å². The monoisotopic (exact) mass is 441 g/mol. The molecule has 0 spiro atoms. The van der Waals surface area contributed by atoms with Gasteiger partial charge in [-0.3, -0.25) is 14.2 Å². The van der Waals surface area contributed by atoms with Crippen molar-refractivity contribution in [1.29, 1.82) is 0 Å². The van der Waals surface area contributed by atoms with Crippen LogP contribution in [0.3, 0.4) is 0 Å². The zero-order valence-corrected chi connectivity index (χ0v) is 17.6. The minimum Gasteiger partial charge on any atom is -0.457 e. The number of nitrogens with zero attached hydrogens (tertiary/aromatic N) is 2. The molecular weight excluding hydrogens is 421 g/mol. The fraction of sp³-hybridized carbons (Fsp3) is 0.115. The van der Waals surface area contributed by atoms with Gasteiger partial charge < -0.3 is 10.1 Å². The highest BCUT2D eigenvalue weighted by Gasteiger charge is 2.32. The first-order valence-electron chi connectivity index (χ1n) is 10.6. The fourth-order valence-electron chi connectivity index (χ4n) is 3.97. The summed E-state index contributed by atoms with van der Waals surface area (Å²) in [5.74, 6) is 0.308. The van der Waals surface area contributed by atoms with Gasteiger partial charge in [0.05, 0.1) is 17.9 Å². The molecule has 0 saturated heterocycles. The predicted molar refractivity (Wildman–Crippen MR) is 122 cm³/mol. The van der Waals surface area contributed by atoms with Crippen LogP contribution >= 0.6 is 0 Å². The number of benzene rings is 3. The largest absolute Gasteiger partial charge is 0.457 e. The molecule has 0 atom stereocenters. The Kier molecular flexibility index (Phi) is 5.44. The first kappa shape index (κ1) is 20.6. The summed E-state index contributed by atoms with van der Waals surface area (Å²) in [5.41, 5.74) is 2.48. The first-order valence-corrected chi connectivity index (χ1v) is 10.6. The van der Waals surface area contributed by atoms with Crippen LogP contribution < -0.4 is 15.6 Å². The Labute approximate surface area is 189 Å². The van der Waals surface area contributed by atoms with E-state index in [0.29, 0.717) is 22.8 Å². The van der Waals surface area contributed by atoms with Gasteiger partial charge in [-0.15, -0.1) is 0 Å². The van der Waals surface area contributed by atoms with Gasteiger partial charge in [0, 0.05) is 35.8 Å². The number of para-hydroxylation sites is 2. The minimum atomic E-state index is -0.498. The molecule has 0 unspecified atom stereocenters. The SMILES string of the molecule is O=C(NCCn1cnc(-c2ccc(F)cc2)cc1=O)C1c2ccccc2Oc2ccccc21. The summed E-state index contributed by atoms with van der Waals surface area (Å²) in [7, 11) is 0. The number of nitrogens with one attached hydrogen (secondary N) is 1. The molecule has 6 nitrogen and oxygen atoms in total. The van der Waals surface area contributed by atoms with Gasteiger partial charge in [0.2, 0.25) is 5.91 Å². The van der Waals surface area contributed by atoms with E-state index in [1.807, 2.05) is 48.5 Å². The van der Waals surface area contributed by atoms with E-state index in [9.17, 15) is 14.0 Å². The van der Waals surface area contributed by atoms with E-state index in [4.69, 9.17) is 4.74 Å². The minimum absolute atomic E-state index is 0.165. The number of carbonyl (C=O) groups excluding carboxylic acids is 1. The van der Waals surface area contributed by atoms with Crippen LogP contribution in [0.1, 0.15) is 17.0 Å². The molecule has 1 aliphatic rings. The average molecular weight is 441 g/mol. The zero-order valence-electron chi connectivity index (χ0n) is 17.6. The summed E-state index contributed by atoms with van der Waals surface area (Å²) in [4.78, 5) is 30.0. The van der Waals surface area contributed by atoms with Crippen molar-refractivity contribution in [2.75, 3.05) is 6.54 Å². The molecule has 0 radical (unpaired) electrons. The third-order valence-electron chi connectivity index (χ3n) is 5.61. The van der Waals surface area contributed by atoms with Crippen LogP contribution in [0.4, 0.5) is 4.39 Å². The molecule has 5 rings (SSSR count). The number of halogens is 1. The Hall–Kier alpha value is -4.26. The molecular formula is C26H20FN3O3. The third-order valence-corrected chi connectivity index (χ3v) is 5.61. The normalized spacial score (nSPS) is 12.4. The predicted octanol–water partition coefficient (Wildman–Crippen LogP) is 4.10. The van der Waals surface area contributed by atoms with Gasteiger partial charge in [0.15, 0.2) is 0 Å². The smallest absolute Gasteiger partial charge is 0.253 e. The lowest BCUT2D eigenvalue weighted by molar-refractivity contribution is -0.121. The van der Waals surface area contributed by atoms with Crippen molar-refractivity contribution in [3.8, 4) is 22.8 Å². The van der Waals surface area contributed by atoms with Crippen molar-refractivity contribution < 1.29 is 13.9 Å². The highest BCUT2D eigenvalue weighted by molar-refractivity contribution is 5.89. The van der Waals surface area contributed by atoms with Crippen LogP contribution in [-0.4, -0.2) is 22.0 Å². The summed E-state index contributed by atoms with van der Waals surface area (Å²) in [6, 6.07) is 22.2. The van der Waals surface area contributed by atoms with E-state index >= 15 is 0 Å². The number of amides is 1. The van der Waals surface area contributed by atoms with E-state index in [1.165, 1.54) is 29.1 Å². The maximum Gasteiger partial charge on any atom is 0.253 e. The molecule has 164 valence electrons. The van der Waals surface area contributed by atoms with Crippen molar-refractivity contribution >= 4 is 5.91 Å². The van der Waals surface area contributed by atoms with E-state index in [-0.39, 0.29) is 30.4 Å². The summed E-state index contributed by atoms with van der Waals surface area (Å²) in [6.45, 7) is 0.534. The lowest BCUT2D eigenvalue weighted by Crippen LogP contribution is -2.35. The Morgan fingerprint density at radius 1 is 0.970 bits per heavy atom. The highest BCUT2D eigenvalue weighted by Crippen LogP contribution is 2.43. The van der Waals surface area contributed by atoms with Crippen molar-refractivity contribution in [1.82, 2.24) is 14.9 Å². The van der Waals surface area contributed by atoms with Gasteiger partial charge in [-0.2, -0.15) is 0 Å². The Morgan fingerprint density at radius 2 is 1.61 bits per heavy atom. The quantitative estimate of drug-likeness (QED) is 0.506. The third kappa shape index (κ3) is 4.13. The second-order valence-electron chi connectivity index (χ2n) is 7.71. The highest BCUT2D eigenvalue weighted by atomic mass is 19.1. The van der Waals surface area contributed by atoms with Crippen LogP contribution in [0.2, 0.25) is 0 Å². The van der Waals surface area contributed by atoms with Crippen LogP contribution in [0, 0.1) is 5.82 Å². The van der Waals surface area contributed by atoms with E-state index in [0.717, 1.165) is 11.1 Å². The number of ether oxygens (including phenoxy) is 1. The first-order chi connectivity index (χ1) is 16.1. The molecule has 1 aromatic heterocycles. The number of hydrogen-bond acceptors (Lipinski definition) is 4. The molecule has 2 heterocycles. The number of hydrogen-bond donors (Lipinski definition) is 1. The maximum atomic E-state index is 13.2. The number of rotatable bonds is 5. The van der Waals surface area contributed by atoms with Gasteiger partial charge in [0.1, 0.15) is 17.3 Å². The molecule has 1 amide bonds. The summed E-state index contributed by atoms with van der Waals surface area (Å²) >= 11 is 0.